The predicted octanol–water partition coefficient (Wildman–Crippen LogP) is 0.903. The molecule has 0 saturated heterocycles. The molecular formula is C13H14N6OS. The molecule has 8 heteroatoms. The van der Waals surface area contributed by atoms with Crippen molar-refractivity contribution >= 4 is 23.4 Å². The van der Waals surface area contributed by atoms with Crippen LogP contribution in [0.2, 0.25) is 0 Å². The number of carbonyl (C=O) groups is 1. The molecule has 0 saturated carbocycles. The Kier molecular flexibility index (Phi) is 4.15. The summed E-state index contributed by atoms with van der Waals surface area (Å²) < 4.78 is 1.64. The highest BCUT2D eigenvalue weighted by molar-refractivity contribution is 7.99. The Hall–Kier alpha value is -2.35. The van der Waals surface area contributed by atoms with Crippen molar-refractivity contribution in [1.29, 1.82) is 0 Å². The van der Waals surface area contributed by atoms with Gasteiger partial charge in [0.05, 0.1) is 5.75 Å². The molecule has 0 aliphatic heterocycles. The van der Waals surface area contributed by atoms with Crippen molar-refractivity contribution in [3.63, 3.8) is 0 Å². The van der Waals surface area contributed by atoms with Gasteiger partial charge in [-0.15, -0.1) is 10.2 Å². The van der Waals surface area contributed by atoms with E-state index in [9.17, 15) is 4.79 Å². The standard InChI is InChI=1S/C13H14N6OS/c20-11(14-7-6-10-4-2-1-3-5-10)8-21-13-18-17-12-15-9-16-19(12)13/h1-5,9H,6-8H2,(H,14,20)(H,15,16,17). The Morgan fingerprint density at radius 1 is 1.29 bits per heavy atom. The number of aromatic nitrogens is 5. The van der Waals surface area contributed by atoms with Crippen LogP contribution < -0.4 is 5.32 Å². The Balaban J connectivity index is 1.43. The van der Waals surface area contributed by atoms with E-state index in [2.05, 4.69) is 25.6 Å². The van der Waals surface area contributed by atoms with Crippen LogP contribution in [0.15, 0.2) is 41.8 Å². The van der Waals surface area contributed by atoms with Crippen molar-refractivity contribution in [3.8, 4) is 0 Å². The average molecular weight is 302 g/mol. The number of hydrogen-bond acceptors (Lipinski definition) is 5. The molecule has 21 heavy (non-hydrogen) atoms. The minimum Gasteiger partial charge on any atom is -0.355 e. The van der Waals surface area contributed by atoms with Crippen LogP contribution in [0.3, 0.4) is 0 Å². The minimum absolute atomic E-state index is 0.0211. The predicted molar refractivity (Wildman–Crippen MR) is 79.0 cm³/mol. The average Bonchev–Trinajstić information content (AvgIpc) is 3.10. The molecule has 2 aromatic heterocycles. The van der Waals surface area contributed by atoms with Crippen LogP contribution in [0.25, 0.3) is 5.78 Å². The summed E-state index contributed by atoms with van der Waals surface area (Å²) in [7, 11) is 0. The van der Waals surface area contributed by atoms with Gasteiger partial charge in [0.2, 0.25) is 11.1 Å². The molecule has 0 fully saturated rings. The SMILES string of the molecule is O=C(CSc1nnc2nc[nH]n12)NCCc1ccccc1. The normalized spacial score (nSPS) is 10.9. The number of nitrogens with zero attached hydrogens (tertiary/aromatic N) is 4. The summed E-state index contributed by atoms with van der Waals surface area (Å²) in [5, 5.41) is 14.2. The van der Waals surface area contributed by atoms with Crippen LogP contribution >= 0.6 is 11.8 Å². The number of fused-ring (bicyclic) bond motifs is 1. The number of aromatic amines is 1. The van der Waals surface area contributed by atoms with Gasteiger partial charge in [-0.1, -0.05) is 42.1 Å². The van der Waals surface area contributed by atoms with E-state index in [1.807, 2.05) is 30.3 Å². The summed E-state index contributed by atoms with van der Waals surface area (Å²) in [6.45, 7) is 0.628. The van der Waals surface area contributed by atoms with E-state index in [4.69, 9.17) is 0 Å². The summed E-state index contributed by atoms with van der Waals surface area (Å²) in [5.74, 6) is 0.781. The molecule has 3 rings (SSSR count). The molecule has 3 aromatic rings. The number of carbonyl (C=O) groups excluding carboxylic acids is 1. The number of benzene rings is 1. The van der Waals surface area contributed by atoms with Gasteiger partial charge in [-0.05, 0) is 12.0 Å². The lowest BCUT2D eigenvalue weighted by Gasteiger charge is -2.04. The van der Waals surface area contributed by atoms with Gasteiger partial charge in [-0.25, -0.2) is 0 Å². The molecule has 108 valence electrons. The highest BCUT2D eigenvalue weighted by atomic mass is 32.2. The van der Waals surface area contributed by atoms with Gasteiger partial charge in [0, 0.05) is 6.54 Å². The van der Waals surface area contributed by atoms with Gasteiger partial charge in [0.15, 0.2) is 0 Å². The second-order valence-electron chi connectivity index (χ2n) is 4.38. The van der Waals surface area contributed by atoms with Crippen molar-refractivity contribution in [2.75, 3.05) is 12.3 Å². The highest BCUT2D eigenvalue weighted by Crippen LogP contribution is 2.14. The number of amides is 1. The molecule has 0 atom stereocenters. The fourth-order valence-corrected chi connectivity index (χ4v) is 2.59. The third-order valence-electron chi connectivity index (χ3n) is 2.89. The van der Waals surface area contributed by atoms with E-state index < -0.39 is 0 Å². The first-order valence-corrected chi connectivity index (χ1v) is 7.49. The quantitative estimate of drug-likeness (QED) is 0.661. The topological polar surface area (TPSA) is 88.0 Å². The van der Waals surface area contributed by atoms with Crippen molar-refractivity contribution in [2.24, 2.45) is 0 Å². The maximum absolute atomic E-state index is 11.8. The smallest absolute Gasteiger partial charge is 0.272 e. The number of hydrogen-bond donors (Lipinski definition) is 2. The Bertz CT molecular complexity index is 722. The van der Waals surface area contributed by atoms with E-state index in [-0.39, 0.29) is 5.91 Å². The maximum Gasteiger partial charge on any atom is 0.272 e. The number of nitrogens with one attached hydrogen (secondary N) is 2. The largest absolute Gasteiger partial charge is 0.355 e. The van der Waals surface area contributed by atoms with E-state index in [0.29, 0.717) is 23.2 Å². The summed E-state index contributed by atoms with van der Waals surface area (Å²) in [5.41, 5.74) is 1.21. The summed E-state index contributed by atoms with van der Waals surface area (Å²) in [6, 6.07) is 10.1. The zero-order valence-electron chi connectivity index (χ0n) is 11.2. The minimum atomic E-state index is -0.0211. The Morgan fingerprint density at radius 3 is 3.00 bits per heavy atom. The first-order chi connectivity index (χ1) is 10.3. The first-order valence-electron chi connectivity index (χ1n) is 6.51. The zero-order valence-corrected chi connectivity index (χ0v) is 12.0. The van der Waals surface area contributed by atoms with Crippen LogP contribution in [0.4, 0.5) is 0 Å². The molecule has 1 amide bonds. The van der Waals surface area contributed by atoms with Gasteiger partial charge in [0.25, 0.3) is 5.78 Å². The first kappa shape index (κ1) is 13.6. The van der Waals surface area contributed by atoms with E-state index in [0.717, 1.165) is 6.42 Å². The number of rotatable bonds is 6. The summed E-state index contributed by atoms with van der Waals surface area (Å²) >= 11 is 1.32. The van der Waals surface area contributed by atoms with Crippen molar-refractivity contribution in [3.05, 3.63) is 42.2 Å². The van der Waals surface area contributed by atoms with Crippen LogP contribution in [0, 0.1) is 0 Å². The molecule has 0 bridgehead atoms. The lowest BCUT2D eigenvalue weighted by Crippen LogP contribution is -2.27. The lowest BCUT2D eigenvalue weighted by atomic mass is 10.1. The van der Waals surface area contributed by atoms with E-state index in [1.54, 1.807) is 4.52 Å². The van der Waals surface area contributed by atoms with Crippen molar-refractivity contribution in [1.82, 2.24) is 30.1 Å². The Morgan fingerprint density at radius 2 is 2.14 bits per heavy atom. The van der Waals surface area contributed by atoms with E-state index in [1.165, 1.54) is 23.7 Å². The van der Waals surface area contributed by atoms with Crippen molar-refractivity contribution in [2.45, 2.75) is 11.6 Å². The molecule has 2 N–H and O–H groups in total. The monoisotopic (exact) mass is 302 g/mol. The maximum atomic E-state index is 11.8. The summed E-state index contributed by atoms with van der Waals surface area (Å²) in [4.78, 5) is 15.8. The van der Waals surface area contributed by atoms with E-state index >= 15 is 0 Å². The Labute approximate surface area is 125 Å². The molecular weight excluding hydrogens is 288 g/mol. The van der Waals surface area contributed by atoms with Crippen LogP contribution in [-0.4, -0.2) is 43.0 Å². The second kappa shape index (κ2) is 6.40. The second-order valence-corrected chi connectivity index (χ2v) is 5.32. The lowest BCUT2D eigenvalue weighted by molar-refractivity contribution is -0.118. The molecule has 1 aromatic carbocycles. The van der Waals surface area contributed by atoms with Gasteiger partial charge in [-0.3, -0.25) is 9.89 Å². The summed E-state index contributed by atoms with van der Waals surface area (Å²) in [6.07, 6.45) is 2.36. The molecule has 0 aliphatic rings. The zero-order chi connectivity index (χ0) is 14.5. The fourth-order valence-electron chi connectivity index (χ4n) is 1.87. The van der Waals surface area contributed by atoms with Crippen LogP contribution in [-0.2, 0) is 11.2 Å². The molecule has 0 unspecified atom stereocenters. The number of H-pyrrole nitrogens is 1. The van der Waals surface area contributed by atoms with Gasteiger partial charge in [-0.2, -0.15) is 9.50 Å². The number of thioether (sulfide) groups is 1. The van der Waals surface area contributed by atoms with Gasteiger partial charge in [0.1, 0.15) is 6.33 Å². The molecule has 0 aliphatic carbocycles. The molecule has 7 nitrogen and oxygen atoms in total. The highest BCUT2D eigenvalue weighted by Gasteiger charge is 2.10. The third kappa shape index (κ3) is 3.40. The fraction of sp³-hybridized carbons (Fsp3) is 0.231. The third-order valence-corrected chi connectivity index (χ3v) is 3.82. The van der Waals surface area contributed by atoms with Crippen molar-refractivity contribution < 1.29 is 4.79 Å². The van der Waals surface area contributed by atoms with Crippen LogP contribution in [0.1, 0.15) is 5.56 Å². The van der Waals surface area contributed by atoms with Crippen LogP contribution in [0.5, 0.6) is 0 Å². The van der Waals surface area contributed by atoms with Gasteiger partial charge >= 0.3 is 0 Å². The van der Waals surface area contributed by atoms with Gasteiger partial charge < -0.3 is 5.32 Å². The molecule has 0 radical (unpaired) electrons. The molecule has 0 spiro atoms. The molecule has 2 heterocycles.